The molecule has 0 fully saturated rings. The van der Waals surface area contributed by atoms with E-state index in [4.69, 9.17) is 23.2 Å². The zero-order chi connectivity index (χ0) is 18.1. The molecule has 2 aromatic rings. The minimum absolute atomic E-state index is 0.0389. The predicted octanol–water partition coefficient (Wildman–Crippen LogP) is 3.83. The van der Waals surface area contributed by atoms with E-state index in [2.05, 4.69) is 9.84 Å². The second-order valence-corrected chi connectivity index (χ2v) is 6.93. The van der Waals surface area contributed by atoms with Crippen molar-refractivity contribution in [3.05, 3.63) is 41.1 Å². The number of halogens is 7. The fraction of sp³-hybridized carbons (Fsp3) is 0.273. The minimum Gasteiger partial charge on any atom is -0.428 e. The maximum Gasteiger partial charge on any atom is 0.461 e. The molecule has 1 aromatic heterocycles. The molecule has 13 heteroatoms. The molecule has 0 aliphatic rings. The molecule has 5 nitrogen and oxygen atoms in total. The van der Waals surface area contributed by atoms with Gasteiger partial charge in [-0.3, -0.25) is 0 Å². The quantitative estimate of drug-likeness (QED) is 0.537. The van der Waals surface area contributed by atoms with Crippen LogP contribution in [0.2, 0.25) is 0 Å². The number of hydrogen-bond donors (Lipinski definition) is 0. The molecule has 0 bridgehead atoms. The van der Waals surface area contributed by atoms with E-state index < -0.39 is 27.9 Å². The lowest BCUT2D eigenvalue weighted by atomic mass is 10.3. The van der Waals surface area contributed by atoms with Gasteiger partial charge in [-0.25, -0.2) is 9.36 Å². The molecule has 0 amide bonds. The largest absolute Gasteiger partial charge is 0.461 e. The van der Waals surface area contributed by atoms with Crippen LogP contribution in [0, 0.1) is 0 Å². The topological polar surface area (TPSA) is 49.1 Å². The van der Waals surface area contributed by atoms with Crippen LogP contribution in [-0.2, 0) is 0 Å². The first-order chi connectivity index (χ1) is 11.0. The minimum atomic E-state index is -4.70. The zero-order valence-corrected chi connectivity index (χ0v) is 13.5. The third kappa shape index (κ3) is 4.54. The van der Waals surface area contributed by atoms with Crippen LogP contribution in [0.1, 0.15) is 0 Å². The summed E-state index contributed by atoms with van der Waals surface area (Å²) in [6, 6.07) is 4.37. The summed E-state index contributed by atoms with van der Waals surface area (Å²) in [5, 5.41) is 3.52. The summed E-state index contributed by atoms with van der Waals surface area (Å²) in [5.74, 6) is -0.611. The Labute approximate surface area is 145 Å². The van der Waals surface area contributed by atoms with E-state index in [1.165, 1.54) is 12.1 Å². The van der Waals surface area contributed by atoms with E-state index in [1.54, 1.807) is 0 Å². The SMILES string of the molecule is O=c1n(-c2cccc(OC(F)(F)C(F)F)c2)cnn1SC(F)(Cl)Cl. The van der Waals surface area contributed by atoms with Gasteiger partial charge in [0.1, 0.15) is 12.1 Å². The highest BCUT2D eigenvalue weighted by Gasteiger charge is 2.44. The maximum atomic E-state index is 13.1. The molecule has 0 saturated heterocycles. The van der Waals surface area contributed by atoms with Crippen LogP contribution in [-0.4, -0.2) is 30.2 Å². The Balaban J connectivity index is 2.31. The molecule has 0 unspecified atom stereocenters. The Bertz CT molecular complexity index is 778. The van der Waals surface area contributed by atoms with E-state index in [0.29, 0.717) is 4.09 Å². The van der Waals surface area contributed by atoms with E-state index in [1.807, 2.05) is 0 Å². The van der Waals surface area contributed by atoms with Crippen LogP contribution in [0.5, 0.6) is 5.75 Å². The molecule has 0 saturated carbocycles. The van der Waals surface area contributed by atoms with Crippen molar-refractivity contribution in [3.8, 4) is 11.4 Å². The lowest BCUT2D eigenvalue weighted by Gasteiger charge is -2.17. The van der Waals surface area contributed by atoms with Gasteiger partial charge in [0.15, 0.2) is 0 Å². The van der Waals surface area contributed by atoms with Gasteiger partial charge < -0.3 is 4.74 Å². The number of rotatable bonds is 6. The van der Waals surface area contributed by atoms with Crippen molar-refractivity contribution in [2.75, 3.05) is 0 Å². The van der Waals surface area contributed by atoms with Crippen LogP contribution in [0.25, 0.3) is 5.69 Å². The number of hydrogen-bond acceptors (Lipinski definition) is 4. The number of alkyl halides is 7. The van der Waals surface area contributed by atoms with Crippen molar-refractivity contribution in [2.24, 2.45) is 0 Å². The highest BCUT2D eigenvalue weighted by atomic mass is 35.5. The Hall–Kier alpha value is -1.46. The van der Waals surface area contributed by atoms with Crippen LogP contribution in [0.15, 0.2) is 35.4 Å². The van der Waals surface area contributed by atoms with E-state index in [0.717, 1.165) is 23.0 Å². The summed E-state index contributed by atoms with van der Waals surface area (Å²) in [5.41, 5.74) is -0.955. The number of benzene rings is 1. The molecule has 0 aliphatic carbocycles. The second-order valence-electron chi connectivity index (χ2n) is 4.16. The summed E-state index contributed by atoms with van der Waals surface area (Å²) in [6.45, 7) is 0. The molecule has 1 heterocycles. The van der Waals surface area contributed by atoms with Crippen LogP contribution >= 0.6 is 35.1 Å². The van der Waals surface area contributed by atoms with Gasteiger partial charge in [0.2, 0.25) is 0 Å². The summed E-state index contributed by atoms with van der Waals surface area (Å²) < 4.78 is 65.6. The fourth-order valence-electron chi connectivity index (χ4n) is 1.53. The van der Waals surface area contributed by atoms with Gasteiger partial charge in [-0.05, 0) is 12.1 Å². The summed E-state index contributed by atoms with van der Waals surface area (Å²) in [7, 11) is 0. The highest BCUT2D eigenvalue weighted by molar-refractivity contribution is 8.01. The molecule has 0 N–H and O–H groups in total. The molecule has 0 radical (unpaired) electrons. The standard InChI is InChI=1S/C11H6Cl2F5N3O2S/c12-11(13,18)24-21-9(22)20(5-19-21)6-2-1-3-7(4-6)23-10(16,17)8(14)15/h1-5,8H. The Kier molecular flexibility index (Phi) is 5.35. The molecule has 0 aliphatic heterocycles. The first-order valence-corrected chi connectivity index (χ1v) is 7.41. The monoisotopic (exact) mass is 409 g/mol. The lowest BCUT2D eigenvalue weighted by Crippen LogP contribution is -2.33. The smallest absolute Gasteiger partial charge is 0.428 e. The van der Waals surface area contributed by atoms with Crippen molar-refractivity contribution >= 4 is 35.1 Å². The zero-order valence-electron chi connectivity index (χ0n) is 11.2. The third-order valence-electron chi connectivity index (χ3n) is 2.44. The normalized spacial score (nSPS) is 12.7. The molecule has 24 heavy (non-hydrogen) atoms. The van der Waals surface area contributed by atoms with Gasteiger partial charge in [0.05, 0.1) is 17.6 Å². The van der Waals surface area contributed by atoms with Crippen LogP contribution < -0.4 is 10.4 Å². The van der Waals surface area contributed by atoms with Gasteiger partial charge in [-0.15, -0.1) is 9.19 Å². The summed E-state index contributed by atoms with van der Waals surface area (Å²) >= 11 is 10.2. The van der Waals surface area contributed by atoms with Gasteiger partial charge in [0.25, 0.3) is 0 Å². The number of nitrogens with zero attached hydrogens (tertiary/aromatic N) is 3. The van der Waals surface area contributed by atoms with Gasteiger partial charge in [-0.2, -0.15) is 22.0 Å². The Morgan fingerprint density at radius 3 is 2.50 bits per heavy atom. The first-order valence-electron chi connectivity index (χ1n) is 5.88. The average molecular weight is 410 g/mol. The Morgan fingerprint density at radius 1 is 1.25 bits per heavy atom. The van der Waals surface area contributed by atoms with Crippen molar-refractivity contribution in [1.29, 1.82) is 0 Å². The highest BCUT2D eigenvalue weighted by Crippen LogP contribution is 2.35. The summed E-state index contributed by atoms with van der Waals surface area (Å²) in [4.78, 5) is 12.0. The molecule has 2 rings (SSSR count). The third-order valence-corrected chi connectivity index (χ3v) is 3.48. The predicted molar refractivity (Wildman–Crippen MR) is 77.9 cm³/mol. The lowest BCUT2D eigenvalue weighted by molar-refractivity contribution is -0.253. The number of ether oxygens (including phenoxy) is 1. The molecular weight excluding hydrogens is 404 g/mol. The Morgan fingerprint density at radius 2 is 1.92 bits per heavy atom. The van der Waals surface area contributed by atoms with Crippen LogP contribution in [0.3, 0.4) is 0 Å². The van der Waals surface area contributed by atoms with Gasteiger partial charge in [0, 0.05) is 6.07 Å². The van der Waals surface area contributed by atoms with Crippen molar-refractivity contribution in [2.45, 2.75) is 16.5 Å². The second kappa shape index (κ2) is 6.81. The van der Waals surface area contributed by atoms with E-state index >= 15 is 0 Å². The summed E-state index contributed by atoms with van der Waals surface area (Å²) in [6.07, 6.45) is -7.80. The molecular formula is C11H6Cl2F5N3O2S. The first kappa shape index (κ1) is 18.9. The molecule has 132 valence electrons. The van der Waals surface area contributed by atoms with E-state index in [9.17, 15) is 26.7 Å². The van der Waals surface area contributed by atoms with Gasteiger partial charge in [-0.1, -0.05) is 29.3 Å². The van der Waals surface area contributed by atoms with Crippen molar-refractivity contribution in [3.63, 3.8) is 0 Å². The number of aromatic nitrogens is 3. The maximum absolute atomic E-state index is 13.1. The van der Waals surface area contributed by atoms with Crippen LogP contribution in [0.4, 0.5) is 22.0 Å². The van der Waals surface area contributed by atoms with Crippen molar-refractivity contribution < 1.29 is 26.7 Å². The molecule has 1 aromatic carbocycles. The molecule has 0 spiro atoms. The average Bonchev–Trinajstić information content (AvgIpc) is 2.78. The fourth-order valence-corrected chi connectivity index (χ4v) is 2.37. The molecule has 0 atom stereocenters. The van der Waals surface area contributed by atoms with E-state index in [-0.39, 0.29) is 17.6 Å². The van der Waals surface area contributed by atoms with Crippen molar-refractivity contribution in [1.82, 2.24) is 13.8 Å². The van der Waals surface area contributed by atoms with Gasteiger partial charge >= 0.3 is 22.1 Å².